The average Bonchev–Trinajstić information content (AvgIpc) is 2.41. The predicted octanol–water partition coefficient (Wildman–Crippen LogP) is 3.24. The van der Waals surface area contributed by atoms with E-state index in [1.165, 1.54) is 24.3 Å². The van der Waals surface area contributed by atoms with Crippen molar-refractivity contribution in [1.29, 1.82) is 0 Å². The molecule has 1 aromatic rings. The van der Waals surface area contributed by atoms with Gasteiger partial charge in [-0.2, -0.15) is 13.2 Å². The number of carboxylic acids is 1. The maximum Gasteiger partial charge on any atom is 0.396 e. The number of hydrogen-bond donors (Lipinski definition) is 2. The van der Waals surface area contributed by atoms with Gasteiger partial charge in [-0.3, -0.25) is 9.59 Å². The molecule has 0 radical (unpaired) electrons. The summed E-state index contributed by atoms with van der Waals surface area (Å²) in [5, 5.41) is 11.4. The van der Waals surface area contributed by atoms with E-state index < -0.39 is 35.9 Å². The van der Waals surface area contributed by atoms with Crippen molar-refractivity contribution in [3.05, 3.63) is 35.9 Å². The molecule has 0 saturated heterocycles. The second-order valence-corrected chi connectivity index (χ2v) is 5.96. The molecule has 1 aromatic carbocycles. The fourth-order valence-corrected chi connectivity index (χ4v) is 2.88. The minimum absolute atomic E-state index is 0.0241. The van der Waals surface area contributed by atoms with Gasteiger partial charge in [-0.25, -0.2) is 0 Å². The van der Waals surface area contributed by atoms with E-state index in [0.29, 0.717) is 12.8 Å². The number of carboxylic acid groups (broad SMARTS) is 1. The van der Waals surface area contributed by atoms with Gasteiger partial charge in [0.2, 0.25) is 5.91 Å². The Morgan fingerprint density at radius 2 is 1.83 bits per heavy atom. The lowest BCUT2D eigenvalue weighted by molar-refractivity contribution is -0.158. The highest BCUT2D eigenvalue weighted by Gasteiger charge is 2.44. The van der Waals surface area contributed by atoms with E-state index >= 15 is 0 Å². The molecule has 1 amide bonds. The molecule has 23 heavy (non-hydrogen) atoms. The second-order valence-electron chi connectivity index (χ2n) is 5.96. The van der Waals surface area contributed by atoms with E-state index in [4.69, 9.17) is 5.11 Å². The fraction of sp³-hybridized carbons (Fsp3) is 0.500. The van der Waals surface area contributed by atoms with Gasteiger partial charge < -0.3 is 10.4 Å². The number of halogens is 3. The van der Waals surface area contributed by atoms with Gasteiger partial charge in [-0.05, 0) is 24.8 Å². The quantitative estimate of drug-likeness (QED) is 0.842. The van der Waals surface area contributed by atoms with E-state index in [0.717, 1.165) is 6.42 Å². The summed E-state index contributed by atoms with van der Waals surface area (Å²) in [6.07, 6.45) is -3.83. The Bertz CT molecular complexity index is 568. The topological polar surface area (TPSA) is 66.4 Å². The lowest BCUT2D eigenvalue weighted by Crippen LogP contribution is -2.55. The number of alkyl halides is 3. The normalized spacial score (nSPS) is 17.9. The van der Waals surface area contributed by atoms with Crippen LogP contribution in [0.5, 0.6) is 0 Å². The predicted molar refractivity (Wildman–Crippen MR) is 76.8 cm³/mol. The molecule has 126 valence electrons. The largest absolute Gasteiger partial charge is 0.481 e. The molecule has 0 aromatic heterocycles. The first-order chi connectivity index (χ1) is 10.7. The molecule has 1 atom stereocenters. The minimum atomic E-state index is -4.54. The van der Waals surface area contributed by atoms with E-state index in [1.807, 2.05) is 0 Å². The molecule has 0 heterocycles. The van der Waals surface area contributed by atoms with Gasteiger partial charge in [-0.15, -0.1) is 0 Å². The third-order valence-corrected chi connectivity index (χ3v) is 4.19. The summed E-state index contributed by atoms with van der Waals surface area (Å²) in [5.74, 6) is -3.73. The Balaban J connectivity index is 2.08. The molecule has 1 fully saturated rings. The van der Waals surface area contributed by atoms with Gasteiger partial charge in [0.1, 0.15) is 0 Å². The summed E-state index contributed by atoms with van der Waals surface area (Å²) in [6.45, 7) is 0. The first kappa shape index (κ1) is 17.3. The van der Waals surface area contributed by atoms with Crippen LogP contribution in [0.25, 0.3) is 0 Å². The smallest absolute Gasteiger partial charge is 0.396 e. The standard InChI is InChI=1S/C16H18F3NO3/c17-16(18,19)12(11-5-2-1-3-6-11)9-13(21)20-15(7-4-8-15)10-14(22)23/h1-3,5-6,12H,4,7-10H2,(H,20,21)(H,22,23). The molecule has 1 aliphatic carbocycles. The third kappa shape index (κ3) is 4.46. The van der Waals surface area contributed by atoms with Gasteiger partial charge >= 0.3 is 12.1 Å². The van der Waals surface area contributed by atoms with Gasteiger partial charge in [0.25, 0.3) is 0 Å². The van der Waals surface area contributed by atoms with Crippen LogP contribution in [-0.2, 0) is 9.59 Å². The highest BCUT2D eigenvalue weighted by atomic mass is 19.4. The van der Waals surface area contributed by atoms with Crippen LogP contribution in [0.1, 0.15) is 43.6 Å². The summed E-state index contributed by atoms with van der Waals surface area (Å²) in [6, 6.07) is 7.25. The molecule has 2 rings (SSSR count). The summed E-state index contributed by atoms with van der Waals surface area (Å²) < 4.78 is 39.7. The van der Waals surface area contributed by atoms with Crippen LogP contribution in [0.2, 0.25) is 0 Å². The number of nitrogens with one attached hydrogen (secondary N) is 1. The average molecular weight is 329 g/mol. The number of carbonyl (C=O) groups is 2. The Kier molecular flexibility index (Phi) is 4.97. The Morgan fingerprint density at radius 3 is 2.26 bits per heavy atom. The number of benzene rings is 1. The molecule has 0 spiro atoms. The SMILES string of the molecule is O=C(O)CC1(NC(=O)CC(c2ccccc2)C(F)(F)F)CCC1. The molecule has 1 unspecified atom stereocenters. The highest BCUT2D eigenvalue weighted by molar-refractivity contribution is 5.79. The third-order valence-electron chi connectivity index (χ3n) is 4.19. The van der Waals surface area contributed by atoms with Crippen molar-refractivity contribution in [2.45, 2.75) is 49.7 Å². The molecular weight excluding hydrogens is 311 g/mol. The summed E-state index contributed by atoms with van der Waals surface area (Å²) >= 11 is 0. The van der Waals surface area contributed by atoms with Crippen LogP contribution in [0.4, 0.5) is 13.2 Å². The van der Waals surface area contributed by atoms with Crippen LogP contribution < -0.4 is 5.32 Å². The van der Waals surface area contributed by atoms with Gasteiger partial charge in [-0.1, -0.05) is 30.3 Å². The molecule has 7 heteroatoms. The van der Waals surface area contributed by atoms with Gasteiger partial charge in [0.05, 0.1) is 17.9 Å². The number of rotatable bonds is 6. The molecule has 0 aliphatic heterocycles. The molecule has 1 aliphatic rings. The first-order valence-electron chi connectivity index (χ1n) is 7.36. The van der Waals surface area contributed by atoms with E-state index in [1.54, 1.807) is 6.07 Å². The maximum absolute atomic E-state index is 13.2. The Hall–Kier alpha value is -2.05. The monoisotopic (exact) mass is 329 g/mol. The number of aliphatic carboxylic acids is 1. The summed E-state index contributed by atoms with van der Waals surface area (Å²) in [7, 11) is 0. The van der Waals surface area contributed by atoms with Crippen LogP contribution >= 0.6 is 0 Å². The van der Waals surface area contributed by atoms with Gasteiger partial charge in [0, 0.05) is 6.42 Å². The Morgan fingerprint density at radius 1 is 1.22 bits per heavy atom. The van der Waals surface area contributed by atoms with Crippen molar-refractivity contribution in [1.82, 2.24) is 5.32 Å². The zero-order chi connectivity index (χ0) is 17.1. The molecule has 2 N–H and O–H groups in total. The van der Waals surface area contributed by atoms with Crippen LogP contribution in [0.15, 0.2) is 30.3 Å². The molecule has 1 saturated carbocycles. The fourth-order valence-electron chi connectivity index (χ4n) is 2.88. The molecular formula is C16H18F3NO3. The van der Waals surface area contributed by atoms with Crippen molar-refractivity contribution in [2.24, 2.45) is 0 Å². The van der Waals surface area contributed by atoms with E-state index in [2.05, 4.69) is 5.32 Å². The van der Waals surface area contributed by atoms with Crippen molar-refractivity contribution in [2.75, 3.05) is 0 Å². The zero-order valence-electron chi connectivity index (χ0n) is 12.4. The lowest BCUT2D eigenvalue weighted by Gasteiger charge is -2.41. The van der Waals surface area contributed by atoms with Crippen LogP contribution in [0.3, 0.4) is 0 Å². The van der Waals surface area contributed by atoms with E-state index in [-0.39, 0.29) is 12.0 Å². The van der Waals surface area contributed by atoms with Crippen LogP contribution in [-0.4, -0.2) is 28.7 Å². The lowest BCUT2D eigenvalue weighted by atomic mass is 9.74. The number of carbonyl (C=O) groups excluding carboxylic acids is 1. The van der Waals surface area contributed by atoms with Crippen LogP contribution in [0, 0.1) is 0 Å². The van der Waals surface area contributed by atoms with Crippen molar-refractivity contribution >= 4 is 11.9 Å². The van der Waals surface area contributed by atoms with Crippen molar-refractivity contribution < 1.29 is 27.9 Å². The van der Waals surface area contributed by atoms with Crippen molar-refractivity contribution in [3.63, 3.8) is 0 Å². The molecule has 0 bridgehead atoms. The first-order valence-corrected chi connectivity index (χ1v) is 7.36. The number of amides is 1. The molecule has 4 nitrogen and oxygen atoms in total. The maximum atomic E-state index is 13.2. The highest BCUT2D eigenvalue weighted by Crippen LogP contribution is 2.39. The Labute approximate surface area is 131 Å². The second kappa shape index (κ2) is 6.60. The van der Waals surface area contributed by atoms with Crippen molar-refractivity contribution in [3.8, 4) is 0 Å². The number of hydrogen-bond acceptors (Lipinski definition) is 2. The van der Waals surface area contributed by atoms with E-state index in [9.17, 15) is 22.8 Å². The summed E-state index contributed by atoms with van der Waals surface area (Å²) in [5.41, 5.74) is -0.869. The summed E-state index contributed by atoms with van der Waals surface area (Å²) in [4.78, 5) is 22.9. The van der Waals surface area contributed by atoms with Gasteiger partial charge in [0.15, 0.2) is 0 Å². The minimum Gasteiger partial charge on any atom is -0.481 e. The zero-order valence-corrected chi connectivity index (χ0v) is 12.4.